The Balaban J connectivity index is 1.79. The molecular weight excluding hydrogens is 367 g/mol. The molecule has 6 heteroatoms. The minimum absolute atomic E-state index is 0.0214. The van der Waals surface area contributed by atoms with Crippen molar-refractivity contribution in [3.63, 3.8) is 0 Å². The molecule has 0 atom stereocenters. The van der Waals surface area contributed by atoms with Crippen molar-refractivity contribution in [1.82, 2.24) is 14.8 Å². The zero-order chi connectivity index (χ0) is 20.7. The van der Waals surface area contributed by atoms with E-state index in [0.29, 0.717) is 17.3 Å². The summed E-state index contributed by atoms with van der Waals surface area (Å²) in [6.07, 6.45) is 0. The lowest BCUT2D eigenvalue weighted by molar-refractivity contribution is 0.102. The number of hydrogen-bond donors (Lipinski definition) is 1. The number of carbonyl (C=O) groups excluding carboxylic acids is 1. The molecule has 4 rings (SSSR count). The van der Waals surface area contributed by atoms with Crippen molar-refractivity contribution in [2.75, 3.05) is 5.32 Å². The molecule has 2 heterocycles. The van der Waals surface area contributed by atoms with Crippen LogP contribution in [0.3, 0.4) is 0 Å². The first-order valence-electron chi connectivity index (χ1n) is 9.35. The van der Waals surface area contributed by atoms with Gasteiger partial charge in [0.25, 0.3) is 5.91 Å². The van der Waals surface area contributed by atoms with Crippen molar-refractivity contribution in [2.24, 2.45) is 0 Å². The van der Waals surface area contributed by atoms with Gasteiger partial charge < -0.3 is 5.32 Å². The molecule has 0 fully saturated rings. The Kier molecular flexibility index (Phi) is 4.62. The molecule has 1 amide bonds. The molecular formula is C23H21FN4O. The summed E-state index contributed by atoms with van der Waals surface area (Å²) in [6.45, 7) is 7.95. The summed E-state index contributed by atoms with van der Waals surface area (Å²) in [5.74, 6) is -0.0716. The van der Waals surface area contributed by atoms with Crippen LogP contribution in [0.1, 0.15) is 32.7 Å². The van der Waals surface area contributed by atoms with E-state index in [9.17, 15) is 9.18 Å². The van der Waals surface area contributed by atoms with Gasteiger partial charge in [-0.05, 0) is 63.1 Å². The number of nitrogens with zero attached hydrogens (tertiary/aromatic N) is 3. The lowest BCUT2D eigenvalue weighted by Crippen LogP contribution is -2.17. The third kappa shape index (κ3) is 3.49. The summed E-state index contributed by atoms with van der Waals surface area (Å²) in [4.78, 5) is 17.4. The summed E-state index contributed by atoms with van der Waals surface area (Å²) < 4.78 is 15.6. The third-order valence-electron chi connectivity index (χ3n) is 4.85. The number of amides is 1. The topological polar surface area (TPSA) is 59.8 Å². The largest absolute Gasteiger partial charge is 0.306 e. The number of nitrogens with one attached hydrogen (secondary N) is 1. The van der Waals surface area contributed by atoms with Crippen molar-refractivity contribution in [3.05, 3.63) is 82.3 Å². The number of halogens is 1. The van der Waals surface area contributed by atoms with Crippen LogP contribution in [0.25, 0.3) is 16.7 Å². The van der Waals surface area contributed by atoms with E-state index in [1.54, 1.807) is 22.9 Å². The molecule has 146 valence electrons. The predicted molar refractivity (Wildman–Crippen MR) is 112 cm³/mol. The maximum Gasteiger partial charge on any atom is 0.259 e. The van der Waals surface area contributed by atoms with E-state index in [1.165, 1.54) is 17.7 Å². The molecule has 2 aromatic heterocycles. The second-order valence-corrected chi connectivity index (χ2v) is 7.29. The van der Waals surface area contributed by atoms with Gasteiger partial charge in [0.05, 0.1) is 16.8 Å². The molecule has 0 saturated heterocycles. The molecule has 0 spiro atoms. The number of rotatable bonds is 3. The van der Waals surface area contributed by atoms with E-state index < -0.39 is 11.7 Å². The number of benzene rings is 2. The van der Waals surface area contributed by atoms with E-state index in [-0.39, 0.29) is 5.56 Å². The van der Waals surface area contributed by atoms with Gasteiger partial charge in [-0.2, -0.15) is 9.78 Å². The van der Waals surface area contributed by atoms with Crippen LogP contribution in [0, 0.1) is 33.5 Å². The average Bonchev–Trinajstić information content (AvgIpc) is 3.03. The lowest BCUT2D eigenvalue weighted by Gasteiger charge is -2.12. The normalized spacial score (nSPS) is 11.1. The Bertz CT molecular complexity index is 1260. The van der Waals surface area contributed by atoms with Gasteiger partial charge in [0, 0.05) is 11.5 Å². The highest BCUT2D eigenvalue weighted by molar-refractivity contribution is 6.04. The van der Waals surface area contributed by atoms with Crippen LogP contribution >= 0.6 is 0 Å². The standard InChI is InChI=1S/C23H21FN4O/c1-13-9-15(3)22-18(10-13)14(2)11-20(25-22)28-21(12-16(4)27-28)26-23(29)17-7-5-6-8-19(17)24/h5-12H,1-4H3,(H,26,29). The lowest BCUT2D eigenvalue weighted by atomic mass is 10.0. The van der Waals surface area contributed by atoms with Crippen molar-refractivity contribution >= 4 is 22.6 Å². The molecule has 4 aromatic rings. The van der Waals surface area contributed by atoms with Crippen molar-refractivity contribution < 1.29 is 9.18 Å². The monoisotopic (exact) mass is 388 g/mol. The second-order valence-electron chi connectivity index (χ2n) is 7.29. The fraction of sp³-hybridized carbons (Fsp3) is 0.174. The molecule has 5 nitrogen and oxygen atoms in total. The number of aromatic nitrogens is 3. The van der Waals surface area contributed by atoms with Crippen molar-refractivity contribution in [2.45, 2.75) is 27.7 Å². The molecule has 1 N–H and O–H groups in total. The van der Waals surface area contributed by atoms with E-state index >= 15 is 0 Å². The van der Waals surface area contributed by atoms with Crippen molar-refractivity contribution in [3.8, 4) is 5.82 Å². The SMILES string of the molecule is Cc1cc(C)c2nc(-n3nc(C)cc3NC(=O)c3ccccc3F)cc(C)c2c1. The van der Waals surface area contributed by atoms with Gasteiger partial charge >= 0.3 is 0 Å². The Hall–Kier alpha value is -3.54. The first-order valence-corrected chi connectivity index (χ1v) is 9.35. The highest BCUT2D eigenvalue weighted by Crippen LogP contribution is 2.26. The van der Waals surface area contributed by atoms with E-state index in [2.05, 4.69) is 29.5 Å². The van der Waals surface area contributed by atoms with Crippen LogP contribution < -0.4 is 5.32 Å². The van der Waals surface area contributed by atoms with Gasteiger partial charge in [0.1, 0.15) is 11.6 Å². The highest BCUT2D eigenvalue weighted by atomic mass is 19.1. The number of fused-ring (bicyclic) bond motifs is 1. The molecule has 0 saturated carbocycles. The molecule has 0 aliphatic heterocycles. The Morgan fingerprint density at radius 3 is 2.52 bits per heavy atom. The van der Waals surface area contributed by atoms with E-state index in [0.717, 1.165) is 22.0 Å². The minimum Gasteiger partial charge on any atom is -0.306 e. The van der Waals surface area contributed by atoms with Gasteiger partial charge in [-0.15, -0.1) is 0 Å². The summed E-state index contributed by atoms with van der Waals surface area (Å²) in [6, 6.07) is 13.8. The zero-order valence-corrected chi connectivity index (χ0v) is 16.7. The second kappa shape index (κ2) is 7.13. The Labute approximate surface area is 168 Å². The first kappa shape index (κ1) is 18.8. The van der Waals surface area contributed by atoms with Gasteiger partial charge in [-0.1, -0.05) is 23.8 Å². The number of hydrogen-bond acceptors (Lipinski definition) is 3. The smallest absolute Gasteiger partial charge is 0.259 e. The number of anilines is 1. The number of aryl methyl sites for hydroxylation is 4. The minimum atomic E-state index is -0.571. The molecule has 2 aromatic carbocycles. The number of pyridine rings is 1. The zero-order valence-electron chi connectivity index (χ0n) is 16.7. The third-order valence-corrected chi connectivity index (χ3v) is 4.85. The van der Waals surface area contributed by atoms with Crippen LogP contribution in [-0.4, -0.2) is 20.7 Å². The predicted octanol–water partition coefficient (Wildman–Crippen LogP) is 5.05. The summed E-state index contributed by atoms with van der Waals surface area (Å²) in [5, 5.41) is 8.34. The average molecular weight is 388 g/mol. The highest BCUT2D eigenvalue weighted by Gasteiger charge is 2.17. The van der Waals surface area contributed by atoms with Crippen LogP contribution in [-0.2, 0) is 0 Å². The quantitative estimate of drug-likeness (QED) is 0.534. The van der Waals surface area contributed by atoms with E-state index in [1.807, 2.05) is 26.8 Å². The molecule has 0 aliphatic carbocycles. The van der Waals surface area contributed by atoms with Gasteiger partial charge in [0.15, 0.2) is 5.82 Å². The molecule has 0 radical (unpaired) electrons. The van der Waals surface area contributed by atoms with Crippen LogP contribution in [0.5, 0.6) is 0 Å². The maximum absolute atomic E-state index is 14.0. The molecule has 0 bridgehead atoms. The van der Waals surface area contributed by atoms with Crippen LogP contribution in [0.4, 0.5) is 10.2 Å². The molecule has 29 heavy (non-hydrogen) atoms. The summed E-state index contributed by atoms with van der Waals surface area (Å²) in [7, 11) is 0. The fourth-order valence-electron chi connectivity index (χ4n) is 3.53. The summed E-state index contributed by atoms with van der Waals surface area (Å²) in [5.41, 5.74) is 4.91. The maximum atomic E-state index is 14.0. The van der Waals surface area contributed by atoms with Crippen LogP contribution in [0.2, 0.25) is 0 Å². The van der Waals surface area contributed by atoms with Crippen molar-refractivity contribution in [1.29, 1.82) is 0 Å². The molecule has 0 unspecified atom stereocenters. The van der Waals surface area contributed by atoms with Gasteiger partial charge in [0.2, 0.25) is 0 Å². The Morgan fingerprint density at radius 1 is 1.00 bits per heavy atom. The van der Waals surface area contributed by atoms with E-state index in [4.69, 9.17) is 4.98 Å². The Morgan fingerprint density at radius 2 is 1.76 bits per heavy atom. The first-order chi connectivity index (χ1) is 13.8. The molecule has 0 aliphatic rings. The summed E-state index contributed by atoms with van der Waals surface area (Å²) >= 11 is 0. The van der Waals surface area contributed by atoms with Gasteiger partial charge in [-0.25, -0.2) is 9.37 Å². The van der Waals surface area contributed by atoms with Crippen LogP contribution in [0.15, 0.2) is 48.5 Å². The van der Waals surface area contributed by atoms with Gasteiger partial charge in [-0.3, -0.25) is 4.79 Å². The number of carbonyl (C=O) groups is 1. The fourth-order valence-corrected chi connectivity index (χ4v) is 3.53.